The molecule has 0 heterocycles. The minimum Gasteiger partial charge on any atom is -0.496 e. The highest BCUT2D eigenvalue weighted by Crippen LogP contribution is 2.48. The normalized spacial score (nSPS) is 23.6. The molecule has 1 aliphatic rings. The van der Waals surface area contributed by atoms with Crippen LogP contribution in [0.2, 0.25) is 0 Å². The number of aryl methyl sites for hydroxylation is 1. The molecular formula is C12H14O3. The number of carboxylic acid groups (broad SMARTS) is 1. The largest absolute Gasteiger partial charge is 0.496 e. The van der Waals surface area contributed by atoms with Crippen molar-refractivity contribution < 1.29 is 14.6 Å². The average molecular weight is 206 g/mol. The summed E-state index contributed by atoms with van der Waals surface area (Å²) in [5.74, 6) is 0.185. The Kier molecular flexibility index (Phi) is 2.39. The van der Waals surface area contributed by atoms with E-state index < -0.39 is 5.97 Å². The number of ether oxygens (including phenoxy) is 1. The van der Waals surface area contributed by atoms with Crippen LogP contribution < -0.4 is 4.74 Å². The van der Waals surface area contributed by atoms with E-state index in [1.807, 2.05) is 25.1 Å². The lowest BCUT2D eigenvalue weighted by atomic mass is 10.1. The van der Waals surface area contributed by atoms with Crippen molar-refractivity contribution in [1.29, 1.82) is 0 Å². The van der Waals surface area contributed by atoms with E-state index in [2.05, 4.69) is 0 Å². The Morgan fingerprint density at radius 1 is 1.53 bits per heavy atom. The molecule has 1 aromatic rings. The number of carboxylic acids is 1. The summed E-state index contributed by atoms with van der Waals surface area (Å²) in [6, 6.07) is 5.88. The van der Waals surface area contributed by atoms with Gasteiger partial charge in [-0.1, -0.05) is 12.1 Å². The summed E-state index contributed by atoms with van der Waals surface area (Å²) < 4.78 is 5.16. The van der Waals surface area contributed by atoms with Crippen molar-refractivity contribution in [3.05, 3.63) is 29.3 Å². The number of methoxy groups -OCH3 is 1. The summed E-state index contributed by atoms with van der Waals surface area (Å²) in [6.07, 6.45) is 0.765. The van der Waals surface area contributed by atoms with Crippen molar-refractivity contribution in [3.63, 3.8) is 0 Å². The molecule has 0 amide bonds. The molecule has 1 aromatic carbocycles. The van der Waals surface area contributed by atoms with E-state index in [4.69, 9.17) is 9.84 Å². The minimum absolute atomic E-state index is 0.183. The maximum absolute atomic E-state index is 10.7. The smallest absolute Gasteiger partial charge is 0.307 e. The van der Waals surface area contributed by atoms with E-state index in [-0.39, 0.29) is 11.8 Å². The summed E-state index contributed by atoms with van der Waals surface area (Å²) in [7, 11) is 1.64. The summed E-state index contributed by atoms with van der Waals surface area (Å²) in [5, 5.41) is 8.83. The van der Waals surface area contributed by atoms with E-state index >= 15 is 0 Å². The van der Waals surface area contributed by atoms with Gasteiger partial charge in [0.25, 0.3) is 0 Å². The van der Waals surface area contributed by atoms with Crippen molar-refractivity contribution in [3.8, 4) is 5.75 Å². The standard InChI is InChI=1S/C12H14O3/c1-7-5-8(3-4-11(7)15-2)9-6-10(9)12(13)14/h3-5,9-10H,6H2,1-2H3,(H,13,14). The van der Waals surface area contributed by atoms with E-state index in [9.17, 15) is 4.79 Å². The van der Waals surface area contributed by atoms with Crippen molar-refractivity contribution in [2.45, 2.75) is 19.3 Å². The van der Waals surface area contributed by atoms with Gasteiger partial charge in [0.15, 0.2) is 0 Å². The summed E-state index contributed by atoms with van der Waals surface area (Å²) >= 11 is 0. The van der Waals surface area contributed by atoms with E-state index in [0.29, 0.717) is 0 Å². The molecule has 1 N–H and O–H groups in total. The summed E-state index contributed by atoms with van der Waals surface area (Å²) in [4.78, 5) is 10.7. The van der Waals surface area contributed by atoms with Crippen LogP contribution in [0.5, 0.6) is 5.75 Å². The number of aliphatic carboxylic acids is 1. The molecule has 3 heteroatoms. The van der Waals surface area contributed by atoms with Crippen molar-refractivity contribution in [1.82, 2.24) is 0 Å². The molecule has 1 saturated carbocycles. The van der Waals surface area contributed by atoms with Crippen LogP contribution in [0.15, 0.2) is 18.2 Å². The first-order valence-electron chi connectivity index (χ1n) is 5.01. The molecule has 80 valence electrons. The molecule has 2 rings (SSSR count). The maximum atomic E-state index is 10.7. The van der Waals surface area contributed by atoms with Crippen molar-refractivity contribution in [2.75, 3.05) is 7.11 Å². The van der Waals surface area contributed by atoms with Crippen LogP contribution in [0.25, 0.3) is 0 Å². The topological polar surface area (TPSA) is 46.5 Å². The molecule has 15 heavy (non-hydrogen) atoms. The van der Waals surface area contributed by atoms with Gasteiger partial charge in [-0.25, -0.2) is 0 Å². The molecule has 0 aliphatic heterocycles. The van der Waals surface area contributed by atoms with Gasteiger partial charge in [-0.3, -0.25) is 4.79 Å². The van der Waals surface area contributed by atoms with Crippen LogP contribution in [0, 0.1) is 12.8 Å². The molecule has 1 fully saturated rings. The number of carbonyl (C=O) groups is 1. The Morgan fingerprint density at radius 2 is 2.27 bits per heavy atom. The van der Waals surface area contributed by atoms with Crippen LogP contribution in [-0.4, -0.2) is 18.2 Å². The van der Waals surface area contributed by atoms with Gasteiger partial charge < -0.3 is 9.84 Å². The van der Waals surface area contributed by atoms with E-state index in [0.717, 1.165) is 23.3 Å². The quantitative estimate of drug-likeness (QED) is 0.824. The van der Waals surface area contributed by atoms with Crippen molar-refractivity contribution in [2.24, 2.45) is 5.92 Å². The lowest BCUT2D eigenvalue weighted by Gasteiger charge is -2.06. The third kappa shape index (κ3) is 1.82. The zero-order chi connectivity index (χ0) is 11.0. The minimum atomic E-state index is -0.687. The van der Waals surface area contributed by atoms with Gasteiger partial charge in [0.05, 0.1) is 13.0 Å². The summed E-state index contributed by atoms with van der Waals surface area (Å²) in [6.45, 7) is 1.97. The highest BCUT2D eigenvalue weighted by molar-refractivity contribution is 5.75. The van der Waals surface area contributed by atoms with Gasteiger partial charge in [0.2, 0.25) is 0 Å². The summed E-state index contributed by atoms with van der Waals surface area (Å²) in [5.41, 5.74) is 2.17. The Balaban J connectivity index is 2.18. The number of hydrogen-bond acceptors (Lipinski definition) is 2. The molecule has 2 atom stereocenters. The van der Waals surface area contributed by atoms with Gasteiger partial charge in [0, 0.05) is 0 Å². The Bertz CT molecular complexity index is 398. The second-order valence-electron chi connectivity index (χ2n) is 4.02. The Morgan fingerprint density at radius 3 is 2.73 bits per heavy atom. The molecule has 3 nitrogen and oxygen atoms in total. The van der Waals surface area contributed by atoms with Gasteiger partial charge in [-0.2, -0.15) is 0 Å². The lowest BCUT2D eigenvalue weighted by Crippen LogP contribution is -1.99. The predicted octanol–water partition coefficient (Wildman–Crippen LogP) is 2.19. The monoisotopic (exact) mass is 206 g/mol. The molecule has 0 radical (unpaired) electrons. The highest BCUT2D eigenvalue weighted by Gasteiger charge is 2.44. The van der Waals surface area contributed by atoms with Gasteiger partial charge >= 0.3 is 5.97 Å². The van der Waals surface area contributed by atoms with Crippen LogP contribution in [0.4, 0.5) is 0 Å². The fourth-order valence-electron chi connectivity index (χ4n) is 1.97. The number of hydrogen-bond donors (Lipinski definition) is 1. The first kappa shape index (κ1) is 10.0. The van der Waals surface area contributed by atoms with Crippen LogP contribution >= 0.6 is 0 Å². The Hall–Kier alpha value is -1.51. The molecule has 0 bridgehead atoms. The van der Waals surface area contributed by atoms with Gasteiger partial charge in [-0.05, 0) is 36.5 Å². The molecule has 2 unspecified atom stereocenters. The van der Waals surface area contributed by atoms with Crippen LogP contribution in [0.1, 0.15) is 23.5 Å². The maximum Gasteiger partial charge on any atom is 0.307 e. The zero-order valence-corrected chi connectivity index (χ0v) is 8.86. The Labute approximate surface area is 88.7 Å². The van der Waals surface area contributed by atoms with Gasteiger partial charge in [-0.15, -0.1) is 0 Å². The van der Waals surface area contributed by atoms with Gasteiger partial charge in [0.1, 0.15) is 5.75 Å². The fourth-order valence-corrected chi connectivity index (χ4v) is 1.97. The van der Waals surface area contributed by atoms with Crippen LogP contribution in [0.3, 0.4) is 0 Å². The average Bonchev–Trinajstić information content (AvgIpc) is 2.97. The second-order valence-corrected chi connectivity index (χ2v) is 4.02. The van der Waals surface area contributed by atoms with E-state index in [1.165, 1.54) is 0 Å². The van der Waals surface area contributed by atoms with Crippen molar-refractivity contribution >= 4 is 5.97 Å². The molecule has 0 spiro atoms. The fraction of sp³-hybridized carbons (Fsp3) is 0.417. The third-order valence-electron chi connectivity index (χ3n) is 2.95. The molecule has 1 aliphatic carbocycles. The third-order valence-corrected chi connectivity index (χ3v) is 2.95. The zero-order valence-electron chi connectivity index (χ0n) is 8.86. The first-order valence-corrected chi connectivity index (χ1v) is 5.01. The van der Waals surface area contributed by atoms with E-state index in [1.54, 1.807) is 7.11 Å². The molecular weight excluding hydrogens is 192 g/mol. The predicted molar refractivity (Wildman–Crippen MR) is 56.2 cm³/mol. The SMILES string of the molecule is COc1ccc(C2CC2C(=O)O)cc1C. The lowest BCUT2D eigenvalue weighted by molar-refractivity contribution is -0.138. The van der Waals surface area contributed by atoms with Crippen LogP contribution in [-0.2, 0) is 4.79 Å². The number of rotatable bonds is 3. The molecule has 0 saturated heterocycles. The highest BCUT2D eigenvalue weighted by atomic mass is 16.5. The first-order chi connectivity index (χ1) is 7.13. The number of benzene rings is 1. The molecule has 0 aromatic heterocycles. The second kappa shape index (κ2) is 3.57.